The van der Waals surface area contributed by atoms with E-state index in [9.17, 15) is 0 Å². The zero-order valence-corrected chi connectivity index (χ0v) is 11.8. The largest absolute Gasteiger partial charge is 0.478 e. The molecule has 0 aromatic carbocycles. The summed E-state index contributed by atoms with van der Waals surface area (Å²) >= 11 is 3.43. The number of methoxy groups -OCH3 is 1. The summed E-state index contributed by atoms with van der Waals surface area (Å²) in [7, 11) is 1.69. The van der Waals surface area contributed by atoms with Crippen LogP contribution in [0, 0.1) is 0 Å². The number of alkyl halides is 1. The molecule has 0 aliphatic rings. The molecule has 1 aromatic rings. The number of ether oxygens (including phenoxy) is 2. The number of hydrogen-bond donors (Lipinski definition) is 0. The molecule has 0 aliphatic carbocycles. The minimum atomic E-state index is 0.604. The molecule has 0 amide bonds. The van der Waals surface area contributed by atoms with Gasteiger partial charge in [-0.25, -0.2) is 9.97 Å². The predicted molar refractivity (Wildman–Crippen MR) is 71.1 cm³/mol. The fourth-order valence-corrected chi connectivity index (χ4v) is 1.80. The molecule has 0 saturated heterocycles. The number of aromatic nitrogens is 2. The summed E-state index contributed by atoms with van der Waals surface area (Å²) in [5.74, 6) is 1.47. The van der Waals surface area contributed by atoms with E-state index in [1.165, 1.54) is 6.33 Å². The van der Waals surface area contributed by atoms with Gasteiger partial charge >= 0.3 is 0 Å². The maximum Gasteiger partial charge on any atom is 0.218 e. The van der Waals surface area contributed by atoms with Gasteiger partial charge in [0, 0.05) is 31.6 Å². The maximum absolute atomic E-state index is 5.36. The highest BCUT2D eigenvalue weighted by molar-refractivity contribution is 9.09. The summed E-state index contributed by atoms with van der Waals surface area (Å²) in [5, 5.41) is 0.880. The van der Waals surface area contributed by atoms with E-state index in [2.05, 4.69) is 30.8 Å². The van der Waals surface area contributed by atoms with Crippen molar-refractivity contribution < 1.29 is 9.47 Å². The van der Waals surface area contributed by atoms with Gasteiger partial charge in [0.1, 0.15) is 12.1 Å². The lowest BCUT2D eigenvalue weighted by Crippen LogP contribution is -2.29. The van der Waals surface area contributed by atoms with Gasteiger partial charge in [-0.1, -0.05) is 15.9 Å². The Kier molecular flexibility index (Phi) is 6.88. The van der Waals surface area contributed by atoms with Crippen LogP contribution in [0.3, 0.4) is 0 Å². The van der Waals surface area contributed by atoms with Gasteiger partial charge in [0.2, 0.25) is 5.88 Å². The molecule has 0 aliphatic heterocycles. The molecule has 0 saturated carbocycles. The van der Waals surface area contributed by atoms with Crippen molar-refractivity contribution in [2.24, 2.45) is 0 Å². The van der Waals surface area contributed by atoms with Crippen LogP contribution in [0.2, 0.25) is 0 Å². The Morgan fingerprint density at radius 3 is 2.82 bits per heavy atom. The summed E-state index contributed by atoms with van der Waals surface area (Å²) in [5.41, 5.74) is 0. The van der Waals surface area contributed by atoms with Crippen LogP contribution in [-0.4, -0.2) is 48.7 Å². The third-order valence-corrected chi connectivity index (χ3v) is 2.52. The molecule has 1 heterocycles. The Labute approximate surface area is 110 Å². The first-order valence-corrected chi connectivity index (χ1v) is 6.68. The maximum atomic E-state index is 5.36. The first-order chi connectivity index (χ1) is 8.31. The molecule has 0 spiro atoms. The monoisotopic (exact) mass is 303 g/mol. The minimum absolute atomic E-state index is 0.604. The standard InChI is InChI=1S/C11H18BrN3O2/c1-3-17-11-8-10(13-9-14-11)15(5-4-12)6-7-16-2/h8-9H,3-7H2,1-2H3. The van der Waals surface area contributed by atoms with Crippen LogP contribution in [0.5, 0.6) is 5.88 Å². The van der Waals surface area contributed by atoms with Crippen LogP contribution < -0.4 is 9.64 Å². The van der Waals surface area contributed by atoms with Crippen LogP contribution >= 0.6 is 15.9 Å². The molecule has 0 radical (unpaired) electrons. The van der Waals surface area contributed by atoms with Crippen molar-refractivity contribution in [2.75, 3.05) is 43.6 Å². The molecule has 0 unspecified atom stereocenters. The van der Waals surface area contributed by atoms with E-state index >= 15 is 0 Å². The lowest BCUT2D eigenvalue weighted by molar-refractivity contribution is 0.205. The van der Waals surface area contributed by atoms with E-state index in [0.717, 1.165) is 24.2 Å². The van der Waals surface area contributed by atoms with Crippen molar-refractivity contribution in [2.45, 2.75) is 6.92 Å². The van der Waals surface area contributed by atoms with Gasteiger partial charge in [0.25, 0.3) is 0 Å². The third kappa shape index (κ3) is 4.87. The average molecular weight is 304 g/mol. The van der Waals surface area contributed by atoms with E-state index in [4.69, 9.17) is 9.47 Å². The molecule has 96 valence electrons. The van der Waals surface area contributed by atoms with E-state index < -0.39 is 0 Å². The Morgan fingerprint density at radius 2 is 2.18 bits per heavy atom. The summed E-state index contributed by atoms with van der Waals surface area (Å²) in [6.45, 7) is 4.87. The quantitative estimate of drug-likeness (QED) is 0.684. The van der Waals surface area contributed by atoms with Crippen molar-refractivity contribution in [3.63, 3.8) is 0 Å². The van der Waals surface area contributed by atoms with Gasteiger partial charge in [0.05, 0.1) is 13.2 Å². The molecule has 0 fully saturated rings. The van der Waals surface area contributed by atoms with E-state index in [-0.39, 0.29) is 0 Å². The number of halogens is 1. The van der Waals surface area contributed by atoms with Crippen molar-refractivity contribution >= 4 is 21.7 Å². The number of anilines is 1. The molecule has 0 atom stereocenters. The third-order valence-electron chi connectivity index (χ3n) is 2.16. The number of nitrogens with zero attached hydrogens (tertiary/aromatic N) is 3. The molecular formula is C11H18BrN3O2. The summed E-state index contributed by atoms with van der Waals surface area (Å²) in [6.07, 6.45) is 1.52. The van der Waals surface area contributed by atoms with Crippen molar-refractivity contribution in [3.05, 3.63) is 12.4 Å². The highest BCUT2D eigenvalue weighted by atomic mass is 79.9. The Balaban J connectivity index is 2.73. The molecule has 5 nitrogen and oxygen atoms in total. The normalized spacial score (nSPS) is 10.3. The zero-order valence-electron chi connectivity index (χ0n) is 10.2. The van der Waals surface area contributed by atoms with E-state index in [1.54, 1.807) is 7.11 Å². The molecule has 1 aromatic heterocycles. The van der Waals surface area contributed by atoms with Crippen LogP contribution in [0.15, 0.2) is 12.4 Å². The van der Waals surface area contributed by atoms with Crippen LogP contribution in [0.4, 0.5) is 5.82 Å². The number of rotatable bonds is 8. The molecule has 0 N–H and O–H groups in total. The zero-order chi connectivity index (χ0) is 12.5. The summed E-state index contributed by atoms with van der Waals surface area (Å²) in [4.78, 5) is 10.4. The lowest BCUT2D eigenvalue weighted by Gasteiger charge is -2.22. The smallest absolute Gasteiger partial charge is 0.218 e. The highest BCUT2D eigenvalue weighted by Gasteiger charge is 2.08. The van der Waals surface area contributed by atoms with Gasteiger partial charge in [-0.2, -0.15) is 0 Å². The second-order valence-corrected chi connectivity index (χ2v) is 4.11. The summed E-state index contributed by atoms with van der Waals surface area (Å²) in [6, 6.07) is 1.85. The minimum Gasteiger partial charge on any atom is -0.478 e. The molecule has 1 rings (SSSR count). The number of hydrogen-bond acceptors (Lipinski definition) is 5. The molecular weight excluding hydrogens is 286 g/mol. The highest BCUT2D eigenvalue weighted by Crippen LogP contribution is 2.15. The second kappa shape index (κ2) is 8.25. The van der Waals surface area contributed by atoms with Crippen LogP contribution in [-0.2, 0) is 4.74 Å². The van der Waals surface area contributed by atoms with E-state index in [1.807, 2.05) is 13.0 Å². The lowest BCUT2D eigenvalue weighted by atomic mass is 10.4. The van der Waals surface area contributed by atoms with Crippen LogP contribution in [0.25, 0.3) is 0 Å². The van der Waals surface area contributed by atoms with Gasteiger partial charge in [-0.15, -0.1) is 0 Å². The Bertz CT molecular complexity index is 325. The first kappa shape index (κ1) is 14.2. The van der Waals surface area contributed by atoms with E-state index in [0.29, 0.717) is 19.1 Å². The Morgan fingerprint density at radius 1 is 1.35 bits per heavy atom. The fraction of sp³-hybridized carbons (Fsp3) is 0.636. The second-order valence-electron chi connectivity index (χ2n) is 3.32. The predicted octanol–water partition coefficient (Wildman–Crippen LogP) is 1.72. The van der Waals surface area contributed by atoms with Gasteiger partial charge in [-0.3, -0.25) is 0 Å². The van der Waals surface area contributed by atoms with Crippen LogP contribution in [0.1, 0.15) is 6.92 Å². The first-order valence-electron chi connectivity index (χ1n) is 5.56. The SMILES string of the molecule is CCOc1cc(N(CCBr)CCOC)ncn1. The average Bonchev–Trinajstić information content (AvgIpc) is 2.35. The van der Waals surface area contributed by atoms with Gasteiger partial charge in [0.15, 0.2) is 0 Å². The van der Waals surface area contributed by atoms with Crippen molar-refractivity contribution in [1.29, 1.82) is 0 Å². The molecule has 6 heteroatoms. The van der Waals surface area contributed by atoms with Crippen molar-refractivity contribution in [1.82, 2.24) is 9.97 Å². The molecule has 0 bridgehead atoms. The summed E-state index contributed by atoms with van der Waals surface area (Å²) < 4.78 is 10.4. The van der Waals surface area contributed by atoms with Gasteiger partial charge in [-0.05, 0) is 6.92 Å². The van der Waals surface area contributed by atoms with Gasteiger partial charge < -0.3 is 14.4 Å². The topological polar surface area (TPSA) is 47.5 Å². The van der Waals surface area contributed by atoms with Crippen molar-refractivity contribution in [3.8, 4) is 5.88 Å². The molecule has 17 heavy (non-hydrogen) atoms. The fourth-order valence-electron chi connectivity index (χ4n) is 1.37. The Hall–Kier alpha value is -0.880.